The second-order valence-electron chi connectivity index (χ2n) is 9.05. The summed E-state index contributed by atoms with van der Waals surface area (Å²) in [5.41, 5.74) is 7.77. The number of carbonyl (C=O) groups excluding carboxylic acids is 1. The van der Waals surface area contributed by atoms with E-state index in [1.54, 1.807) is 12.1 Å². The van der Waals surface area contributed by atoms with Crippen molar-refractivity contribution < 1.29 is 4.79 Å². The fourth-order valence-corrected chi connectivity index (χ4v) is 5.63. The molecule has 3 aromatic rings. The molecule has 0 saturated carbocycles. The minimum atomic E-state index is -0.301. The Hall–Kier alpha value is -2.05. The third-order valence-corrected chi connectivity index (χ3v) is 7.50. The van der Waals surface area contributed by atoms with Gasteiger partial charge in [0.05, 0.1) is 28.0 Å². The van der Waals surface area contributed by atoms with Crippen LogP contribution in [-0.4, -0.2) is 33.8 Å². The molecule has 8 heteroatoms. The van der Waals surface area contributed by atoms with Crippen LogP contribution in [0.2, 0.25) is 15.1 Å². The molecule has 1 atom stereocenters. The molecular formula is C26H27Cl3N4O. The van der Waals surface area contributed by atoms with Crippen LogP contribution in [0.4, 0.5) is 0 Å². The standard InChI is InChI=1S/C26H27Cl3N4O/c27-18-10-8-17(9-11-18)25-20-6-5-7-21(26(34)31-32-14-3-1-2-4-15-32)24(20)30-33(25)23-13-12-19(28)16-22(23)29/h8-13,16,21H,1-7,14-15H2,(H,31,34). The molecule has 5 nitrogen and oxygen atoms in total. The second kappa shape index (κ2) is 10.3. The van der Waals surface area contributed by atoms with Crippen LogP contribution in [0.3, 0.4) is 0 Å². The smallest absolute Gasteiger partial charge is 0.243 e. The van der Waals surface area contributed by atoms with E-state index < -0.39 is 0 Å². The number of benzene rings is 2. The van der Waals surface area contributed by atoms with Gasteiger partial charge in [-0.3, -0.25) is 10.2 Å². The molecule has 1 aromatic heterocycles. The van der Waals surface area contributed by atoms with E-state index in [4.69, 9.17) is 39.9 Å². The first kappa shape index (κ1) is 23.7. The highest BCUT2D eigenvalue weighted by molar-refractivity contribution is 6.35. The lowest BCUT2D eigenvalue weighted by Gasteiger charge is -2.26. The number of rotatable bonds is 4. The average molecular weight is 518 g/mol. The molecule has 1 amide bonds. The van der Waals surface area contributed by atoms with E-state index in [1.165, 1.54) is 12.8 Å². The summed E-state index contributed by atoms with van der Waals surface area (Å²) in [7, 11) is 0. The topological polar surface area (TPSA) is 50.2 Å². The first-order valence-corrected chi connectivity index (χ1v) is 13.0. The lowest BCUT2D eigenvalue weighted by molar-refractivity contribution is -0.127. The van der Waals surface area contributed by atoms with Crippen molar-refractivity contribution >= 4 is 40.7 Å². The summed E-state index contributed by atoms with van der Waals surface area (Å²) < 4.78 is 1.87. The first-order valence-electron chi connectivity index (χ1n) is 11.9. The van der Waals surface area contributed by atoms with Gasteiger partial charge in [-0.05, 0) is 62.4 Å². The first-order chi connectivity index (χ1) is 16.5. The van der Waals surface area contributed by atoms with Gasteiger partial charge < -0.3 is 0 Å². The number of fused-ring (bicyclic) bond motifs is 1. The van der Waals surface area contributed by atoms with Crippen molar-refractivity contribution in [2.45, 2.75) is 50.9 Å². The molecule has 1 N–H and O–H groups in total. The quantitative estimate of drug-likeness (QED) is 0.413. The van der Waals surface area contributed by atoms with Crippen molar-refractivity contribution in [1.29, 1.82) is 0 Å². The van der Waals surface area contributed by atoms with Gasteiger partial charge in [-0.2, -0.15) is 5.10 Å². The minimum Gasteiger partial charge on any atom is -0.288 e. The zero-order chi connectivity index (χ0) is 23.7. The molecule has 1 saturated heterocycles. The van der Waals surface area contributed by atoms with Crippen LogP contribution < -0.4 is 5.43 Å². The maximum absolute atomic E-state index is 13.4. The zero-order valence-corrected chi connectivity index (χ0v) is 21.1. The van der Waals surface area contributed by atoms with Gasteiger partial charge in [-0.25, -0.2) is 9.69 Å². The average Bonchev–Trinajstić information content (AvgIpc) is 3.01. The summed E-state index contributed by atoms with van der Waals surface area (Å²) in [4.78, 5) is 13.4. The molecule has 1 fully saturated rings. The summed E-state index contributed by atoms with van der Waals surface area (Å²) >= 11 is 18.9. The van der Waals surface area contributed by atoms with Crippen molar-refractivity contribution in [3.63, 3.8) is 0 Å². The third kappa shape index (κ3) is 4.85. The summed E-state index contributed by atoms with van der Waals surface area (Å²) in [6.07, 6.45) is 7.21. The Morgan fingerprint density at radius 3 is 2.32 bits per heavy atom. The molecule has 178 valence electrons. The summed E-state index contributed by atoms with van der Waals surface area (Å²) in [6.45, 7) is 1.80. The highest BCUT2D eigenvalue weighted by Gasteiger charge is 2.34. The lowest BCUT2D eigenvalue weighted by atomic mass is 9.85. The van der Waals surface area contributed by atoms with Gasteiger partial charge in [0.2, 0.25) is 5.91 Å². The number of hydrogen-bond acceptors (Lipinski definition) is 3. The summed E-state index contributed by atoms with van der Waals surface area (Å²) in [5, 5.41) is 8.82. The Morgan fingerprint density at radius 1 is 0.912 bits per heavy atom. The van der Waals surface area contributed by atoms with Crippen LogP contribution in [0.5, 0.6) is 0 Å². The van der Waals surface area contributed by atoms with Gasteiger partial charge >= 0.3 is 0 Å². The molecule has 2 aromatic carbocycles. The monoisotopic (exact) mass is 516 g/mol. The molecule has 34 heavy (non-hydrogen) atoms. The SMILES string of the molecule is O=C(NN1CCCCCC1)C1CCCc2c1nn(-c1ccc(Cl)cc1Cl)c2-c1ccc(Cl)cc1. The molecule has 1 unspecified atom stereocenters. The molecule has 0 spiro atoms. The van der Waals surface area contributed by atoms with Crippen LogP contribution in [0.1, 0.15) is 55.7 Å². The molecule has 5 rings (SSSR count). The van der Waals surface area contributed by atoms with E-state index in [2.05, 4.69) is 10.4 Å². The maximum atomic E-state index is 13.4. The van der Waals surface area contributed by atoms with Gasteiger partial charge in [-0.15, -0.1) is 0 Å². The molecule has 1 aliphatic carbocycles. The Morgan fingerprint density at radius 2 is 1.62 bits per heavy atom. The minimum absolute atomic E-state index is 0.0253. The molecule has 2 aliphatic rings. The van der Waals surface area contributed by atoms with Gasteiger partial charge in [-0.1, -0.05) is 59.8 Å². The van der Waals surface area contributed by atoms with Crippen molar-refractivity contribution in [1.82, 2.24) is 20.2 Å². The Balaban J connectivity index is 1.57. The number of aromatic nitrogens is 2. The van der Waals surface area contributed by atoms with Crippen LogP contribution in [0.25, 0.3) is 16.9 Å². The lowest BCUT2D eigenvalue weighted by Crippen LogP contribution is -2.45. The van der Waals surface area contributed by atoms with Crippen LogP contribution >= 0.6 is 34.8 Å². The maximum Gasteiger partial charge on any atom is 0.243 e. The summed E-state index contributed by atoms with van der Waals surface area (Å²) in [5.74, 6) is -0.275. The van der Waals surface area contributed by atoms with Gasteiger partial charge in [0.25, 0.3) is 0 Å². The number of nitrogens with zero attached hydrogens (tertiary/aromatic N) is 3. The predicted molar refractivity (Wildman–Crippen MR) is 138 cm³/mol. The van der Waals surface area contributed by atoms with E-state index in [0.717, 1.165) is 73.4 Å². The van der Waals surface area contributed by atoms with Crippen LogP contribution in [0.15, 0.2) is 42.5 Å². The Kier molecular flexibility index (Phi) is 7.16. The molecule has 2 heterocycles. The largest absolute Gasteiger partial charge is 0.288 e. The zero-order valence-electron chi connectivity index (χ0n) is 18.9. The van der Waals surface area contributed by atoms with Crippen molar-refractivity contribution in [2.24, 2.45) is 0 Å². The summed E-state index contributed by atoms with van der Waals surface area (Å²) in [6, 6.07) is 13.1. The number of nitrogens with one attached hydrogen (secondary N) is 1. The van der Waals surface area contributed by atoms with Gasteiger partial charge in [0.1, 0.15) is 0 Å². The van der Waals surface area contributed by atoms with E-state index in [-0.39, 0.29) is 11.8 Å². The molecule has 0 radical (unpaired) electrons. The van der Waals surface area contributed by atoms with E-state index in [0.29, 0.717) is 15.1 Å². The van der Waals surface area contributed by atoms with Gasteiger partial charge in [0.15, 0.2) is 0 Å². The van der Waals surface area contributed by atoms with E-state index >= 15 is 0 Å². The molecule has 0 bridgehead atoms. The Bertz CT molecular complexity index is 1180. The number of hydrazine groups is 1. The predicted octanol–water partition coefficient (Wildman–Crippen LogP) is 6.83. The molecule has 1 aliphatic heterocycles. The van der Waals surface area contributed by atoms with E-state index in [1.807, 2.05) is 35.0 Å². The Labute approximate surface area is 215 Å². The van der Waals surface area contributed by atoms with Crippen molar-refractivity contribution in [3.05, 3.63) is 68.8 Å². The van der Waals surface area contributed by atoms with Gasteiger partial charge in [0, 0.05) is 34.3 Å². The molecular weight excluding hydrogens is 491 g/mol. The number of hydrogen-bond donors (Lipinski definition) is 1. The fourth-order valence-electron chi connectivity index (χ4n) is 5.02. The number of carbonyl (C=O) groups is 1. The number of halogens is 3. The second-order valence-corrected chi connectivity index (χ2v) is 10.3. The van der Waals surface area contributed by atoms with Crippen LogP contribution in [0, 0.1) is 0 Å². The van der Waals surface area contributed by atoms with Crippen molar-refractivity contribution in [2.75, 3.05) is 13.1 Å². The number of amides is 1. The third-order valence-electron chi connectivity index (χ3n) is 6.71. The highest BCUT2D eigenvalue weighted by Crippen LogP contribution is 2.40. The van der Waals surface area contributed by atoms with E-state index in [9.17, 15) is 4.79 Å². The van der Waals surface area contributed by atoms with Crippen LogP contribution in [-0.2, 0) is 11.2 Å². The normalized spacial score (nSPS) is 18.9. The fraction of sp³-hybridized carbons (Fsp3) is 0.385. The highest BCUT2D eigenvalue weighted by atomic mass is 35.5. The van der Waals surface area contributed by atoms with Crippen molar-refractivity contribution in [3.8, 4) is 16.9 Å².